The molecule has 1 aliphatic heterocycles. The zero-order chi connectivity index (χ0) is 17.6. The lowest BCUT2D eigenvalue weighted by molar-refractivity contribution is 0.224. The minimum atomic E-state index is 0.175. The van der Waals surface area contributed by atoms with Crippen molar-refractivity contribution in [2.24, 2.45) is 0 Å². The first-order valence-electron chi connectivity index (χ1n) is 8.75. The summed E-state index contributed by atoms with van der Waals surface area (Å²) in [6.45, 7) is 2.85. The van der Waals surface area contributed by atoms with Crippen LogP contribution >= 0.6 is 11.8 Å². The third-order valence-corrected chi connectivity index (χ3v) is 5.38. The lowest BCUT2D eigenvalue weighted by atomic mass is 10.2. The molecule has 0 bridgehead atoms. The fraction of sp³-hybridized carbons (Fsp3) is 0.389. The Morgan fingerprint density at radius 2 is 2.00 bits per heavy atom. The molecule has 4 rings (SSSR count). The number of anilines is 1. The fourth-order valence-corrected chi connectivity index (χ4v) is 3.81. The van der Waals surface area contributed by atoms with Gasteiger partial charge in [0, 0.05) is 23.8 Å². The molecule has 136 valence electrons. The highest BCUT2D eigenvalue weighted by molar-refractivity contribution is 7.98. The standard InChI is InChI=1S/C18H21N5O2S/c1-2-10-23(9-1)15(16-4-3-11-24-16)12-20-18-22-21-17(25-18)13-26-14-5-7-19-8-6-14/h3-8,11,15H,1-2,9-10,12-13H2,(H,20,22). The molecule has 4 heterocycles. The van der Waals surface area contributed by atoms with Gasteiger partial charge in [-0.3, -0.25) is 9.88 Å². The second kappa shape index (κ2) is 8.37. The number of rotatable bonds is 8. The van der Waals surface area contributed by atoms with E-state index < -0.39 is 0 Å². The smallest absolute Gasteiger partial charge is 0.315 e. The van der Waals surface area contributed by atoms with Gasteiger partial charge in [-0.05, 0) is 50.2 Å². The van der Waals surface area contributed by atoms with Crippen LogP contribution in [-0.4, -0.2) is 39.7 Å². The van der Waals surface area contributed by atoms with Gasteiger partial charge >= 0.3 is 6.01 Å². The number of furan rings is 1. The number of likely N-dealkylation sites (tertiary alicyclic amines) is 1. The van der Waals surface area contributed by atoms with Crippen molar-refractivity contribution < 1.29 is 8.83 Å². The molecule has 1 saturated heterocycles. The van der Waals surface area contributed by atoms with E-state index in [1.54, 1.807) is 30.4 Å². The van der Waals surface area contributed by atoms with Crippen LogP contribution in [0.15, 0.2) is 56.7 Å². The molecule has 1 unspecified atom stereocenters. The van der Waals surface area contributed by atoms with Gasteiger partial charge in [-0.2, -0.15) is 0 Å². The van der Waals surface area contributed by atoms with Gasteiger partial charge < -0.3 is 14.2 Å². The average Bonchev–Trinajstić information content (AvgIpc) is 3.44. The molecule has 3 aromatic rings. The fourth-order valence-electron chi connectivity index (χ4n) is 3.09. The topological polar surface area (TPSA) is 80.2 Å². The molecule has 0 amide bonds. The highest BCUT2D eigenvalue weighted by Crippen LogP contribution is 2.26. The maximum Gasteiger partial charge on any atom is 0.315 e. The molecule has 0 radical (unpaired) electrons. The van der Waals surface area contributed by atoms with Crippen LogP contribution in [0.4, 0.5) is 6.01 Å². The Morgan fingerprint density at radius 3 is 2.77 bits per heavy atom. The molecule has 0 saturated carbocycles. The first-order chi connectivity index (χ1) is 12.9. The van der Waals surface area contributed by atoms with Crippen LogP contribution in [0.3, 0.4) is 0 Å². The molecule has 1 N–H and O–H groups in total. The monoisotopic (exact) mass is 371 g/mol. The quantitative estimate of drug-likeness (QED) is 0.602. The zero-order valence-corrected chi connectivity index (χ0v) is 15.2. The minimum Gasteiger partial charge on any atom is -0.468 e. The van der Waals surface area contributed by atoms with E-state index in [2.05, 4.69) is 25.4 Å². The summed E-state index contributed by atoms with van der Waals surface area (Å²) < 4.78 is 11.3. The van der Waals surface area contributed by atoms with Crippen molar-refractivity contribution in [3.05, 3.63) is 54.6 Å². The van der Waals surface area contributed by atoms with Crippen LogP contribution in [0.2, 0.25) is 0 Å². The van der Waals surface area contributed by atoms with Gasteiger partial charge in [0.05, 0.1) is 18.1 Å². The summed E-state index contributed by atoms with van der Waals surface area (Å²) in [5.74, 6) is 2.20. The molecule has 7 nitrogen and oxygen atoms in total. The average molecular weight is 371 g/mol. The maximum atomic E-state index is 5.72. The van der Waals surface area contributed by atoms with E-state index >= 15 is 0 Å². The summed E-state index contributed by atoms with van der Waals surface area (Å²) in [5, 5.41) is 11.5. The van der Waals surface area contributed by atoms with Crippen LogP contribution in [0.1, 0.15) is 30.5 Å². The predicted molar refractivity (Wildman–Crippen MR) is 98.8 cm³/mol. The van der Waals surface area contributed by atoms with Crippen molar-refractivity contribution in [1.29, 1.82) is 0 Å². The van der Waals surface area contributed by atoms with Crippen molar-refractivity contribution in [2.75, 3.05) is 25.0 Å². The van der Waals surface area contributed by atoms with E-state index in [9.17, 15) is 0 Å². The van der Waals surface area contributed by atoms with E-state index in [0.717, 1.165) is 23.7 Å². The molecule has 1 fully saturated rings. The molecule has 0 aliphatic carbocycles. The normalized spacial score (nSPS) is 16.0. The molecule has 1 atom stereocenters. The van der Waals surface area contributed by atoms with Crippen molar-refractivity contribution in [3.8, 4) is 0 Å². The Kier molecular flexibility index (Phi) is 5.51. The Hall–Kier alpha value is -2.32. The summed E-state index contributed by atoms with van der Waals surface area (Å²) >= 11 is 1.64. The second-order valence-electron chi connectivity index (χ2n) is 6.13. The van der Waals surface area contributed by atoms with Gasteiger partial charge in [0.2, 0.25) is 5.89 Å². The summed E-state index contributed by atoms with van der Waals surface area (Å²) in [6.07, 6.45) is 7.73. The van der Waals surface area contributed by atoms with E-state index in [0.29, 0.717) is 24.2 Å². The molecule has 1 aliphatic rings. The maximum absolute atomic E-state index is 5.72. The van der Waals surface area contributed by atoms with E-state index in [1.165, 1.54) is 12.8 Å². The Labute approximate surface area is 156 Å². The van der Waals surface area contributed by atoms with Gasteiger partial charge in [0.25, 0.3) is 0 Å². The highest BCUT2D eigenvalue weighted by Gasteiger charge is 2.25. The van der Waals surface area contributed by atoms with Gasteiger partial charge in [-0.15, -0.1) is 16.9 Å². The third kappa shape index (κ3) is 4.25. The minimum absolute atomic E-state index is 0.175. The van der Waals surface area contributed by atoms with Crippen molar-refractivity contribution in [3.63, 3.8) is 0 Å². The SMILES string of the molecule is c1coc(C(CNc2nnc(CSc3ccncc3)o2)N2CCCC2)c1. The summed E-state index contributed by atoms with van der Waals surface area (Å²) in [6, 6.07) is 8.50. The molecule has 0 spiro atoms. The van der Waals surface area contributed by atoms with E-state index in [4.69, 9.17) is 8.83 Å². The zero-order valence-electron chi connectivity index (χ0n) is 14.4. The van der Waals surface area contributed by atoms with Gasteiger partial charge in [-0.25, -0.2) is 0 Å². The molecule has 0 aromatic carbocycles. The van der Waals surface area contributed by atoms with Gasteiger partial charge in [0.15, 0.2) is 0 Å². The number of thioether (sulfide) groups is 1. The number of nitrogens with one attached hydrogen (secondary N) is 1. The summed E-state index contributed by atoms with van der Waals surface area (Å²) in [5.41, 5.74) is 0. The Morgan fingerprint density at radius 1 is 1.15 bits per heavy atom. The summed E-state index contributed by atoms with van der Waals surface area (Å²) in [7, 11) is 0. The van der Waals surface area contributed by atoms with Crippen molar-refractivity contribution in [2.45, 2.75) is 29.5 Å². The van der Waals surface area contributed by atoms with Crippen molar-refractivity contribution in [1.82, 2.24) is 20.1 Å². The Balaban J connectivity index is 1.34. The first kappa shape index (κ1) is 17.1. The van der Waals surface area contributed by atoms with Crippen LogP contribution in [0.5, 0.6) is 0 Å². The molecule has 26 heavy (non-hydrogen) atoms. The third-order valence-electron chi connectivity index (χ3n) is 4.38. The van der Waals surface area contributed by atoms with Crippen LogP contribution in [0, 0.1) is 0 Å². The highest BCUT2D eigenvalue weighted by atomic mass is 32.2. The number of hydrogen-bond acceptors (Lipinski definition) is 8. The van der Waals surface area contributed by atoms with Crippen molar-refractivity contribution >= 4 is 17.8 Å². The van der Waals surface area contributed by atoms with Gasteiger partial charge in [0.1, 0.15) is 5.76 Å². The number of hydrogen-bond donors (Lipinski definition) is 1. The molecular formula is C18H21N5O2S. The predicted octanol–water partition coefficient (Wildman–Crippen LogP) is 3.60. The van der Waals surface area contributed by atoms with Crippen LogP contribution in [0.25, 0.3) is 0 Å². The number of nitrogens with zero attached hydrogens (tertiary/aromatic N) is 4. The first-order valence-corrected chi connectivity index (χ1v) is 9.73. The van der Waals surface area contributed by atoms with Crippen LogP contribution < -0.4 is 5.32 Å². The number of aromatic nitrogens is 3. The van der Waals surface area contributed by atoms with Crippen LogP contribution in [-0.2, 0) is 5.75 Å². The largest absolute Gasteiger partial charge is 0.468 e. The number of pyridine rings is 1. The lowest BCUT2D eigenvalue weighted by Gasteiger charge is -2.25. The van der Waals surface area contributed by atoms with E-state index in [1.807, 2.05) is 24.3 Å². The molecule has 3 aromatic heterocycles. The lowest BCUT2D eigenvalue weighted by Crippen LogP contribution is -2.30. The summed E-state index contributed by atoms with van der Waals surface area (Å²) in [4.78, 5) is 7.57. The van der Waals surface area contributed by atoms with Gasteiger partial charge in [-0.1, -0.05) is 5.10 Å². The van der Waals surface area contributed by atoms with E-state index in [-0.39, 0.29) is 6.04 Å². The Bertz CT molecular complexity index is 787. The second-order valence-corrected chi connectivity index (χ2v) is 7.18. The molecular weight excluding hydrogens is 350 g/mol. The molecule has 8 heteroatoms.